The maximum atomic E-state index is 13.4. The molecule has 214 valence electrons. The predicted molar refractivity (Wildman–Crippen MR) is 150 cm³/mol. The van der Waals surface area contributed by atoms with E-state index in [1.54, 1.807) is 21.9 Å². The third kappa shape index (κ3) is 7.15. The van der Waals surface area contributed by atoms with Gasteiger partial charge in [0.05, 0.1) is 23.0 Å². The molecule has 0 atom stereocenters. The van der Waals surface area contributed by atoms with Gasteiger partial charge in [0.25, 0.3) is 17.4 Å². The highest BCUT2D eigenvalue weighted by Gasteiger charge is 2.38. The van der Waals surface area contributed by atoms with Crippen molar-refractivity contribution in [2.45, 2.75) is 32.9 Å². The van der Waals surface area contributed by atoms with Gasteiger partial charge in [-0.1, -0.05) is 6.58 Å². The number of nitrogens with one attached hydrogen (secondary N) is 3. The fraction of sp³-hybridized carbons (Fsp3) is 0.276. The molecule has 1 aromatic carbocycles. The number of hydrogen-bond donors (Lipinski definition) is 3. The molecular formula is C29H31FN6O5. The van der Waals surface area contributed by atoms with Crippen molar-refractivity contribution in [2.24, 2.45) is 0 Å². The number of ether oxygens (including phenoxy) is 1. The molecule has 0 radical (unpaired) electrons. The number of aromatic amines is 1. The van der Waals surface area contributed by atoms with Gasteiger partial charge in [-0.25, -0.2) is 9.37 Å². The van der Waals surface area contributed by atoms with Gasteiger partial charge in [0.1, 0.15) is 23.1 Å². The number of carbonyl (C=O) groups excluding carboxylic acids is 3. The van der Waals surface area contributed by atoms with E-state index in [1.165, 1.54) is 49.6 Å². The summed E-state index contributed by atoms with van der Waals surface area (Å²) in [5.41, 5.74) is -0.270. The molecule has 41 heavy (non-hydrogen) atoms. The van der Waals surface area contributed by atoms with E-state index in [9.17, 15) is 23.6 Å². The largest absolute Gasteiger partial charge is 0.456 e. The molecule has 3 aromatic rings. The first-order valence-electron chi connectivity index (χ1n) is 12.9. The van der Waals surface area contributed by atoms with Crippen LogP contribution in [-0.4, -0.2) is 62.7 Å². The van der Waals surface area contributed by atoms with Crippen molar-refractivity contribution in [2.75, 3.05) is 25.0 Å². The molecule has 0 saturated carbocycles. The van der Waals surface area contributed by atoms with Crippen LogP contribution < -0.4 is 20.9 Å². The quantitative estimate of drug-likeness (QED) is 0.359. The minimum Gasteiger partial charge on any atom is -0.456 e. The van der Waals surface area contributed by atoms with Crippen molar-refractivity contribution < 1.29 is 23.5 Å². The molecule has 1 aliphatic heterocycles. The Morgan fingerprint density at radius 3 is 2.46 bits per heavy atom. The number of hydrogen-bond acceptors (Lipinski definition) is 7. The molecule has 0 bridgehead atoms. The van der Waals surface area contributed by atoms with Crippen LogP contribution in [0.5, 0.6) is 11.5 Å². The molecular weight excluding hydrogens is 531 g/mol. The Morgan fingerprint density at radius 2 is 1.83 bits per heavy atom. The second kappa shape index (κ2) is 12.0. The minimum absolute atomic E-state index is 0.0107. The maximum absolute atomic E-state index is 13.4. The SMILES string of the molecule is C=C(C(=O)Nc1ccc(Oc2ccc(F)cc2)cn1)N1CCN(C(=O)c2c[nH]c(=O)c(CNC(C)=O)c2)C(C)(C)C1. The van der Waals surface area contributed by atoms with E-state index in [0.717, 1.165) is 0 Å². The van der Waals surface area contributed by atoms with E-state index in [4.69, 9.17) is 4.74 Å². The van der Waals surface area contributed by atoms with Crippen LogP contribution in [0, 0.1) is 5.82 Å². The molecule has 1 aliphatic rings. The van der Waals surface area contributed by atoms with E-state index in [2.05, 4.69) is 27.2 Å². The van der Waals surface area contributed by atoms with Gasteiger partial charge in [0, 0.05) is 44.9 Å². The van der Waals surface area contributed by atoms with Gasteiger partial charge in [0.2, 0.25) is 5.91 Å². The molecule has 0 aliphatic carbocycles. The van der Waals surface area contributed by atoms with Crippen molar-refractivity contribution in [3.05, 3.63) is 94.4 Å². The van der Waals surface area contributed by atoms with Gasteiger partial charge in [0.15, 0.2) is 0 Å². The first-order chi connectivity index (χ1) is 19.4. The number of halogens is 1. The highest BCUT2D eigenvalue weighted by Crippen LogP contribution is 2.26. The Balaban J connectivity index is 1.36. The van der Waals surface area contributed by atoms with Crippen LogP contribution in [0.25, 0.3) is 0 Å². The number of aromatic nitrogens is 2. The highest BCUT2D eigenvalue weighted by atomic mass is 19.1. The number of rotatable bonds is 8. The lowest BCUT2D eigenvalue weighted by Gasteiger charge is -2.48. The van der Waals surface area contributed by atoms with Gasteiger partial charge >= 0.3 is 0 Å². The first kappa shape index (κ1) is 29.0. The number of piperazine rings is 1. The number of amides is 3. The summed E-state index contributed by atoms with van der Waals surface area (Å²) in [6.45, 7) is 10.1. The standard InChI is InChI=1S/C29H31FN6O5/c1-18(26(38)34-25-10-9-24(16-32-25)41-23-7-5-22(30)6-8-23)35-11-12-36(29(3,4)17-35)28(40)21-13-20(14-31-19(2)37)27(39)33-15-21/h5-10,13,15-16H,1,11-12,14,17H2,2-4H3,(H,31,37)(H,33,39)(H,32,34,38). The summed E-state index contributed by atoms with van der Waals surface area (Å²) in [6, 6.07) is 10.3. The fourth-order valence-corrected chi connectivity index (χ4v) is 4.41. The molecule has 3 N–H and O–H groups in total. The second-order valence-electron chi connectivity index (χ2n) is 10.2. The topological polar surface area (TPSA) is 137 Å². The predicted octanol–water partition coefficient (Wildman–Crippen LogP) is 3.03. The lowest BCUT2D eigenvalue weighted by Crippen LogP contribution is -2.61. The van der Waals surface area contributed by atoms with Crippen molar-refractivity contribution in [3.63, 3.8) is 0 Å². The molecule has 3 heterocycles. The zero-order chi connectivity index (χ0) is 29.7. The van der Waals surface area contributed by atoms with Crippen LogP contribution in [0.2, 0.25) is 0 Å². The Bertz CT molecular complexity index is 1520. The Kier molecular flexibility index (Phi) is 8.51. The van der Waals surface area contributed by atoms with E-state index < -0.39 is 11.4 Å². The number of H-pyrrole nitrogens is 1. The number of nitrogens with zero attached hydrogens (tertiary/aromatic N) is 3. The summed E-state index contributed by atoms with van der Waals surface area (Å²) in [5, 5.41) is 5.28. The van der Waals surface area contributed by atoms with Crippen molar-refractivity contribution >= 4 is 23.5 Å². The molecule has 0 unspecified atom stereocenters. The molecule has 3 amide bonds. The van der Waals surface area contributed by atoms with Crippen LogP contribution >= 0.6 is 0 Å². The second-order valence-corrected chi connectivity index (χ2v) is 10.2. The van der Waals surface area contributed by atoms with Crippen LogP contribution in [0.15, 0.2) is 71.9 Å². The molecule has 0 spiro atoms. The van der Waals surface area contributed by atoms with Crippen LogP contribution in [0.4, 0.5) is 10.2 Å². The van der Waals surface area contributed by atoms with Gasteiger partial charge in [-0.15, -0.1) is 0 Å². The lowest BCUT2D eigenvalue weighted by molar-refractivity contribution is -0.119. The minimum atomic E-state index is -0.677. The van der Waals surface area contributed by atoms with Crippen molar-refractivity contribution in [1.29, 1.82) is 0 Å². The summed E-state index contributed by atoms with van der Waals surface area (Å²) < 4.78 is 18.7. The number of pyridine rings is 2. The lowest BCUT2D eigenvalue weighted by atomic mass is 9.97. The normalized spacial score (nSPS) is 14.2. The first-order valence-corrected chi connectivity index (χ1v) is 12.9. The van der Waals surface area contributed by atoms with Gasteiger partial charge in [-0.3, -0.25) is 19.2 Å². The Labute approximate surface area is 236 Å². The van der Waals surface area contributed by atoms with Crippen molar-refractivity contribution in [1.82, 2.24) is 25.1 Å². The number of anilines is 1. The fourth-order valence-electron chi connectivity index (χ4n) is 4.41. The molecule has 2 aromatic heterocycles. The van der Waals surface area contributed by atoms with Gasteiger partial charge in [-0.05, 0) is 56.3 Å². The smallest absolute Gasteiger partial charge is 0.272 e. The third-order valence-electron chi connectivity index (χ3n) is 6.57. The maximum Gasteiger partial charge on any atom is 0.272 e. The molecule has 12 heteroatoms. The van der Waals surface area contributed by atoms with Crippen LogP contribution in [0.3, 0.4) is 0 Å². The monoisotopic (exact) mass is 562 g/mol. The van der Waals surface area contributed by atoms with Gasteiger partial charge < -0.3 is 30.2 Å². The molecule has 1 fully saturated rings. The summed E-state index contributed by atoms with van der Waals surface area (Å²) in [7, 11) is 0. The van der Waals surface area contributed by atoms with E-state index >= 15 is 0 Å². The number of carbonyl (C=O) groups is 3. The van der Waals surface area contributed by atoms with Crippen LogP contribution in [-0.2, 0) is 16.1 Å². The van der Waals surface area contributed by atoms with E-state index in [1.807, 2.05) is 13.8 Å². The average molecular weight is 563 g/mol. The van der Waals surface area contributed by atoms with Crippen molar-refractivity contribution in [3.8, 4) is 11.5 Å². The summed E-state index contributed by atoms with van der Waals surface area (Å²) >= 11 is 0. The Hall–Kier alpha value is -5.00. The van der Waals surface area contributed by atoms with E-state index in [0.29, 0.717) is 42.5 Å². The highest BCUT2D eigenvalue weighted by molar-refractivity contribution is 6.02. The molecule has 4 rings (SSSR count). The Morgan fingerprint density at radius 1 is 1.12 bits per heavy atom. The summed E-state index contributed by atoms with van der Waals surface area (Å²) in [5.74, 6) is -0.214. The van der Waals surface area contributed by atoms with E-state index in [-0.39, 0.29) is 41.0 Å². The summed E-state index contributed by atoms with van der Waals surface area (Å²) in [4.78, 5) is 59.9. The van der Waals surface area contributed by atoms with Crippen LogP contribution in [0.1, 0.15) is 36.7 Å². The third-order valence-corrected chi connectivity index (χ3v) is 6.57. The molecule has 11 nitrogen and oxygen atoms in total. The van der Waals surface area contributed by atoms with Gasteiger partial charge in [-0.2, -0.15) is 0 Å². The zero-order valence-electron chi connectivity index (χ0n) is 23.0. The number of benzene rings is 1. The summed E-state index contributed by atoms with van der Waals surface area (Å²) in [6.07, 6.45) is 2.80. The molecule has 1 saturated heterocycles. The average Bonchev–Trinajstić information content (AvgIpc) is 2.93. The zero-order valence-corrected chi connectivity index (χ0v) is 23.0.